The standard InChI is InChI=1S/C28H25N7O3/c1-2-5-22(36)34-14-20-15-38-17-28(20,16-34)27-33-23(24-25(29)31-12-13-35(24)27)18-7-9-19(10-8-18)26(37)32-21-6-3-4-11-30-21/h3-4,6-13,20H,14-17H2,1H3,(H2,29,31)(H,30,32,37)/t20?,28-/m1/s1. The molecule has 6 rings (SSSR count). The van der Waals surface area contributed by atoms with E-state index < -0.39 is 5.41 Å². The van der Waals surface area contributed by atoms with Gasteiger partial charge in [0.2, 0.25) is 0 Å². The highest BCUT2D eigenvalue weighted by molar-refractivity contribution is 6.04. The van der Waals surface area contributed by atoms with Gasteiger partial charge in [-0.1, -0.05) is 24.1 Å². The topological polar surface area (TPSA) is 128 Å². The minimum Gasteiger partial charge on any atom is -0.382 e. The van der Waals surface area contributed by atoms with Gasteiger partial charge in [0.05, 0.1) is 18.6 Å². The first-order valence-electron chi connectivity index (χ1n) is 12.3. The second-order valence-corrected chi connectivity index (χ2v) is 9.49. The lowest BCUT2D eigenvalue weighted by Crippen LogP contribution is -2.38. The number of nitrogens with two attached hydrogens (primary N) is 1. The molecule has 3 N–H and O–H groups in total. The zero-order valence-corrected chi connectivity index (χ0v) is 20.7. The Morgan fingerprint density at radius 1 is 1.16 bits per heavy atom. The van der Waals surface area contributed by atoms with E-state index in [1.807, 2.05) is 28.8 Å². The molecule has 0 aliphatic carbocycles. The van der Waals surface area contributed by atoms with Gasteiger partial charge < -0.3 is 20.7 Å². The van der Waals surface area contributed by atoms with E-state index in [0.29, 0.717) is 54.7 Å². The van der Waals surface area contributed by atoms with E-state index in [9.17, 15) is 9.59 Å². The van der Waals surface area contributed by atoms with Crippen molar-refractivity contribution >= 4 is 29.0 Å². The zero-order valence-electron chi connectivity index (χ0n) is 20.7. The molecular formula is C28H25N7O3. The van der Waals surface area contributed by atoms with Gasteiger partial charge >= 0.3 is 0 Å². The molecule has 2 fully saturated rings. The molecular weight excluding hydrogens is 482 g/mol. The fourth-order valence-electron chi connectivity index (χ4n) is 5.41. The van der Waals surface area contributed by atoms with Gasteiger partial charge in [-0.15, -0.1) is 0 Å². The van der Waals surface area contributed by atoms with Gasteiger partial charge in [-0.05, 0) is 37.1 Å². The molecule has 1 unspecified atom stereocenters. The predicted molar refractivity (Wildman–Crippen MR) is 141 cm³/mol. The van der Waals surface area contributed by atoms with Crippen LogP contribution in [0.1, 0.15) is 23.1 Å². The molecule has 5 heterocycles. The number of aromatic nitrogens is 4. The highest BCUT2D eigenvalue weighted by Crippen LogP contribution is 2.45. The van der Waals surface area contributed by atoms with Crippen LogP contribution in [0, 0.1) is 17.8 Å². The third-order valence-corrected chi connectivity index (χ3v) is 7.25. The van der Waals surface area contributed by atoms with Crippen LogP contribution in [0.4, 0.5) is 11.6 Å². The lowest BCUT2D eigenvalue weighted by atomic mass is 9.80. The number of nitrogens with one attached hydrogen (secondary N) is 1. The van der Waals surface area contributed by atoms with Crippen molar-refractivity contribution in [2.45, 2.75) is 12.3 Å². The molecule has 2 aliphatic rings. The maximum Gasteiger partial charge on any atom is 0.298 e. The summed E-state index contributed by atoms with van der Waals surface area (Å²) in [6, 6.07) is 12.5. The van der Waals surface area contributed by atoms with Gasteiger partial charge in [-0.25, -0.2) is 15.0 Å². The van der Waals surface area contributed by atoms with Crippen LogP contribution in [0.3, 0.4) is 0 Å². The van der Waals surface area contributed by atoms with Crippen LogP contribution >= 0.6 is 0 Å². The summed E-state index contributed by atoms with van der Waals surface area (Å²) in [5.74, 6) is 6.57. The van der Waals surface area contributed by atoms with Gasteiger partial charge in [0.1, 0.15) is 28.7 Å². The predicted octanol–water partition coefficient (Wildman–Crippen LogP) is 2.38. The number of anilines is 2. The Balaban J connectivity index is 1.38. The van der Waals surface area contributed by atoms with Gasteiger partial charge in [-0.3, -0.25) is 14.0 Å². The van der Waals surface area contributed by atoms with Crippen LogP contribution in [0.15, 0.2) is 61.1 Å². The lowest BCUT2D eigenvalue weighted by Gasteiger charge is -2.25. The van der Waals surface area contributed by atoms with E-state index in [0.717, 1.165) is 11.4 Å². The second-order valence-electron chi connectivity index (χ2n) is 9.49. The molecule has 10 heteroatoms. The van der Waals surface area contributed by atoms with E-state index in [1.54, 1.807) is 48.5 Å². The molecule has 38 heavy (non-hydrogen) atoms. The molecule has 0 bridgehead atoms. The lowest BCUT2D eigenvalue weighted by molar-refractivity contribution is -0.124. The average Bonchev–Trinajstić information content (AvgIpc) is 3.61. The number of fused-ring (bicyclic) bond motifs is 2. The molecule has 1 aromatic carbocycles. The molecule has 0 saturated carbocycles. The van der Waals surface area contributed by atoms with Crippen molar-refractivity contribution in [2.24, 2.45) is 5.92 Å². The van der Waals surface area contributed by atoms with Gasteiger partial charge in [0.15, 0.2) is 0 Å². The van der Waals surface area contributed by atoms with Crippen LogP contribution in [0.25, 0.3) is 16.8 Å². The number of imidazole rings is 1. The van der Waals surface area contributed by atoms with E-state index in [1.165, 1.54) is 0 Å². The summed E-state index contributed by atoms with van der Waals surface area (Å²) in [6.07, 6.45) is 5.10. The van der Waals surface area contributed by atoms with E-state index >= 15 is 0 Å². The molecule has 4 aromatic rings. The molecule has 0 spiro atoms. The number of nitrogens with zero attached hydrogens (tertiary/aromatic N) is 5. The highest BCUT2D eigenvalue weighted by atomic mass is 16.5. The van der Waals surface area contributed by atoms with Crippen LogP contribution < -0.4 is 11.1 Å². The number of hydrogen-bond acceptors (Lipinski definition) is 7. The third-order valence-electron chi connectivity index (χ3n) is 7.25. The van der Waals surface area contributed by atoms with Crippen molar-refractivity contribution in [3.63, 3.8) is 0 Å². The summed E-state index contributed by atoms with van der Waals surface area (Å²) in [5, 5.41) is 2.79. The summed E-state index contributed by atoms with van der Waals surface area (Å²) in [7, 11) is 0. The number of pyridine rings is 1. The first kappa shape index (κ1) is 23.6. The van der Waals surface area contributed by atoms with Crippen LogP contribution in [0.5, 0.6) is 0 Å². The fraction of sp³-hybridized carbons (Fsp3) is 0.250. The SMILES string of the molecule is CC#CC(=O)N1CC2COC[C@]2(c2nc(-c3ccc(C(=O)Nc4ccccn4)cc3)c3c(N)nccn23)C1. The highest BCUT2D eigenvalue weighted by Gasteiger charge is 2.55. The minimum absolute atomic E-state index is 0.0793. The summed E-state index contributed by atoms with van der Waals surface area (Å²) < 4.78 is 7.88. The number of carbonyl (C=O) groups is 2. The molecule has 2 amide bonds. The molecule has 3 aromatic heterocycles. The fourth-order valence-corrected chi connectivity index (χ4v) is 5.41. The quantitative estimate of drug-likeness (QED) is 0.406. The summed E-state index contributed by atoms with van der Waals surface area (Å²) in [6.45, 7) is 3.64. The number of likely N-dealkylation sites (tertiary alicyclic amines) is 1. The molecule has 0 radical (unpaired) electrons. The van der Waals surface area contributed by atoms with E-state index in [2.05, 4.69) is 27.1 Å². The maximum atomic E-state index is 12.7. The molecule has 190 valence electrons. The first-order chi connectivity index (χ1) is 18.5. The average molecular weight is 508 g/mol. The van der Waals surface area contributed by atoms with Gasteiger partial charge in [0, 0.05) is 48.7 Å². The normalized spacial score (nSPS) is 20.1. The van der Waals surface area contributed by atoms with Crippen LogP contribution in [-0.4, -0.2) is 62.4 Å². The second kappa shape index (κ2) is 9.28. The largest absolute Gasteiger partial charge is 0.382 e. The van der Waals surface area contributed by atoms with Crippen molar-refractivity contribution in [3.8, 4) is 23.1 Å². The number of nitrogen functional groups attached to an aromatic ring is 1. The summed E-state index contributed by atoms with van der Waals surface area (Å²) in [5.41, 5.74) is 8.47. The Labute approximate surface area is 218 Å². The third kappa shape index (κ3) is 3.84. The van der Waals surface area contributed by atoms with Gasteiger partial charge in [-0.2, -0.15) is 0 Å². The number of rotatable bonds is 4. The number of benzene rings is 1. The van der Waals surface area contributed by atoms with E-state index in [-0.39, 0.29) is 17.7 Å². The first-order valence-corrected chi connectivity index (χ1v) is 12.3. The Kier molecular flexibility index (Phi) is 5.77. The van der Waals surface area contributed by atoms with E-state index in [4.69, 9.17) is 15.5 Å². The summed E-state index contributed by atoms with van der Waals surface area (Å²) >= 11 is 0. The number of amides is 2. The number of carbonyl (C=O) groups excluding carboxylic acids is 2. The number of hydrogen-bond donors (Lipinski definition) is 2. The maximum absolute atomic E-state index is 12.7. The van der Waals surface area contributed by atoms with Crippen molar-refractivity contribution in [1.82, 2.24) is 24.3 Å². The Morgan fingerprint density at radius 3 is 2.76 bits per heavy atom. The van der Waals surface area contributed by atoms with Crippen molar-refractivity contribution in [3.05, 3.63) is 72.4 Å². The number of ether oxygens (including phenoxy) is 1. The molecule has 2 atom stereocenters. The van der Waals surface area contributed by atoms with Crippen LogP contribution in [-0.2, 0) is 14.9 Å². The summed E-state index contributed by atoms with van der Waals surface area (Å²) in [4.78, 5) is 40.6. The molecule has 10 nitrogen and oxygen atoms in total. The Bertz CT molecular complexity index is 1600. The zero-order chi connectivity index (χ0) is 26.3. The smallest absolute Gasteiger partial charge is 0.298 e. The van der Waals surface area contributed by atoms with Crippen molar-refractivity contribution in [2.75, 3.05) is 37.4 Å². The molecule has 2 saturated heterocycles. The van der Waals surface area contributed by atoms with Crippen molar-refractivity contribution in [1.29, 1.82) is 0 Å². The monoisotopic (exact) mass is 507 g/mol. The Hall–Kier alpha value is -4.75. The van der Waals surface area contributed by atoms with Crippen LogP contribution in [0.2, 0.25) is 0 Å². The minimum atomic E-state index is -0.497. The Morgan fingerprint density at radius 2 is 2.00 bits per heavy atom. The van der Waals surface area contributed by atoms with Gasteiger partial charge in [0.25, 0.3) is 11.8 Å². The van der Waals surface area contributed by atoms with Crippen molar-refractivity contribution < 1.29 is 14.3 Å². The molecule has 2 aliphatic heterocycles.